The van der Waals surface area contributed by atoms with Gasteiger partial charge in [0.2, 0.25) is 5.91 Å². The molecular formula is C13H17BrN2O. The number of benzene rings is 1. The topological polar surface area (TPSA) is 32.3 Å². The standard InChI is InChI=1S/C13H17BrN2O/c14-9-11-8-13(17)16(10-11)7-6-15-12-4-2-1-3-5-12/h1-5,11,15H,6-10H2. The Morgan fingerprint density at radius 2 is 2.12 bits per heavy atom. The van der Waals surface area contributed by atoms with E-state index in [1.807, 2.05) is 35.2 Å². The number of nitrogens with one attached hydrogen (secondary N) is 1. The van der Waals surface area contributed by atoms with Crippen molar-refractivity contribution in [3.8, 4) is 0 Å². The Morgan fingerprint density at radius 1 is 1.35 bits per heavy atom. The van der Waals surface area contributed by atoms with Crippen molar-refractivity contribution in [3.05, 3.63) is 30.3 Å². The van der Waals surface area contributed by atoms with Crippen LogP contribution in [0.25, 0.3) is 0 Å². The number of nitrogens with zero attached hydrogens (tertiary/aromatic N) is 1. The molecule has 92 valence electrons. The van der Waals surface area contributed by atoms with E-state index in [2.05, 4.69) is 21.2 Å². The third-order valence-corrected chi connectivity index (χ3v) is 3.91. The van der Waals surface area contributed by atoms with Crippen molar-refractivity contribution in [1.82, 2.24) is 4.90 Å². The smallest absolute Gasteiger partial charge is 0.223 e. The van der Waals surface area contributed by atoms with E-state index in [4.69, 9.17) is 0 Å². The molecule has 1 aromatic carbocycles. The molecule has 0 radical (unpaired) electrons. The van der Waals surface area contributed by atoms with Gasteiger partial charge >= 0.3 is 0 Å². The van der Waals surface area contributed by atoms with Gasteiger partial charge in [0.25, 0.3) is 0 Å². The normalized spacial score (nSPS) is 19.7. The highest BCUT2D eigenvalue weighted by molar-refractivity contribution is 9.09. The van der Waals surface area contributed by atoms with Gasteiger partial charge in [-0.3, -0.25) is 4.79 Å². The molecule has 1 atom stereocenters. The second-order valence-electron chi connectivity index (χ2n) is 4.36. The zero-order valence-electron chi connectivity index (χ0n) is 9.73. The molecule has 3 nitrogen and oxygen atoms in total. The van der Waals surface area contributed by atoms with Gasteiger partial charge < -0.3 is 10.2 Å². The maximum absolute atomic E-state index is 11.7. The molecule has 1 unspecified atom stereocenters. The van der Waals surface area contributed by atoms with Gasteiger partial charge in [-0.05, 0) is 18.1 Å². The Hall–Kier alpha value is -1.03. The van der Waals surface area contributed by atoms with Crippen LogP contribution < -0.4 is 5.32 Å². The molecule has 1 saturated heterocycles. The second kappa shape index (κ2) is 6.05. The summed E-state index contributed by atoms with van der Waals surface area (Å²) < 4.78 is 0. The summed E-state index contributed by atoms with van der Waals surface area (Å²) in [6, 6.07) is 10.1. The first kappa shape index (κ1) is 12.4. The van der Waals surface area contributed by atoms with Gasteiger partial charge in [0.15, 0.2) is 0 Å². The maximum atomic E-state index is 11.7. The van der Waals surface area contributed by atoms with Crippen LogP contribution >= 0.6 is 15.9 Å². The molecule has 2 rings (SSSR count). The lowest BCUT2D eigenvalue weighted by Crippen LogP contribution is -2.30. The molecular weight excluding hydrogens is 280 g/mol. The number of likely N-dealkylation sites (tertiary alicyclic amines) is 1. The number of carbonyl (C=O) groups is 1. The van der Waals surface area contributed by atoms with E-state index in [0.717, 1.165) is 30.7 Å². The molecule has 1 heterocycles. The summed E-state index contributed by atoms with van der Waals surface area (Å²) in [5, 5.41) is 4.24. The molecule has 0 spiro atoms. The number of hydrogen-bond donors (Lipinski definition) is 1. The first-order valence-electron chi connectivity index (χ1n) is 5.92. The maximum Gasteiger partial charge on any atom is 0.223 e. The molecule has 1 N–H and O–H groups in total. The van der Waals surface area contributed by atoms with Crippen LogP contribution in [-0.2, 0) is 4.79 Å². The Morgan fingerprint density at radius 3 is 2.76 bits per heavy atom. The molecule has 1 aromatic rings. The van der Waals surface area contributed by atoms with Crippen molar-refractivity contribution in [3.63, 3.8) is 0 Å². The predicted molar refractivity (Wildman–Crippen MR) is 73.4 cm³/mol. The van der Waals surface area contributed by atoms with E-state index >= 15 is 0 Å². The fraction of sp³-hybridized carbons (Fsp3) is 0.462. The first-order chi connectivity index (χ1) is 8.29. The van der Waals surface area contributed by atoms with Crippen LogP contribution in [0.1, 0.15) is 6.42 Å². The Balaban J connectivity index is 1.74. The minimum absolute atomic E-state index is 0.282. The minimum Gasteiger partial charge on any atom is -0.383 e. The number of alkyl halides is 1. The summed E-state index contributed by atoms with van der Waals surface area (Å²) in [6.45, 7) is 2.49. The summed E-state index contributed by atoms with van der Waals surface area (Å²) in [4.78, 5) is 13.6. The minimum atomic E-state index is 0.282. The van der Waals surface area contributed by atoms with Crippen molar-refractivity contribution in [1.29, 1.82) is 0 Å². The largest absolute Gasteiger partial charge is 0.383 e. The SMILES string of the molecule is O=C1CC(CBr)CN1CCNc1ccccc1. The zero-order chi connectivity index (χ0) is 12.1. The van der Waals surface area contributed by atoms with Gasteiger partial charge in [-0.15, -0.1) is 0 Å². The first-order valence-corrected chi connectivity index (χ1v) is 7.04. The van der Waals surface area contributed by atoms with Crippen molar-refractivity contribution in [2.24, 2.45) is 5.92 Å². The number of para-hydroxylation sites is 1. The average molecular weight is 297 g/mol. The van der Waals surface area contributed by atoms with Gasteiger partial charge in [-0.25, -0.2) is 0 Å². The van der Waals surface area contributed by atoms with Crippen molar-refractivity contribution in [2.75, 3.05) is 30.3 Å². The van der Waals surface area contributed by atoms with E-state index in [1.165, 1.54) is 0 Å². The average Bonchev–Trinajstić information content (AvgIpc) is 2.72. The molecule has 1 aliphatic rings. The summed E-state index contributed by atoms with van der Waals surface area (Å²) >= 11 is 3.44. The van der Waals surface area contributed by atoms with E-state index in [9.17, 15) is 4.79 Å². The van der Waals surface area contributed by atoms with Crippen LogP contribution in [0.15, 0.2) is 30.3 Å². The van der Waals surface area contributed by atoms with Gasteiger partial charge in [0, 0.05) is 37.1 Å². The van der Waals surface area contributed by atoms with Gasteiger partial charge in [-0.1, -0.05) is 34.1 Å². The highest BCUT2D eigenvalue weighted by atomic mass is 79.9. The summed E-state index contributed by atoms with van der Waals surface area (Å²) in [5.74, 6) is 0.767. The quantitative estimate of drug-likeness (QED) is 0.846. The van der Waals surface area contributed by atoms with E-state index in [-0.39, 0.29) is 5.91 Å². The second-order valence-corrected chi connectivity index (χ2v) is 5.00. The number of amides is 1. The third kappa shape index (κ3) is 3.46. The molecule has 1 aliphatic heterocycles. The predicted octanol–water partition coefficient (Wildman–Crippen LogP) is 2.34. The number of anilines is 1. The van der Waals surface area contributed by atoms with E-state index in [1.54, 1.807) is 0 Å². The summed E-state index contributed by atoms with van der Waals surface area (Å²) in [7, 11) is 0. The van der Waals surface area contributed by atoms with Crippen molar-refractivity contribution >= 4 is 27.5 Å². The van der Waals surface area contributed by atoms with Crippen LogP contribution in [0.3, 0.4) is 0 Å². The number of hydrogen-bond acceptors (Lipinski definition) is 2. The Labute approximate surface area is 110 Å². The van der Waals surface area contributed by atoms with E-state index < -0.39 is 0 Å². The summed E-state index contributed by atoms with van der Waals surface area (Å²) in [5.41, 5.74) is 1.11. The number of halogens is 1. The monoisotopic (exact) mass is 296 g/mol. The number of rotatable bonds is 5. The molecule has 0 bridgehead atoms. The van der Waals surface area contributed by atoms with Crippen LogP contribution in [0, 0.1) is 5.92 Å². The molecule has 17 heavy (non-hydrogen) atoms. The van der Waals surface area contributed by atoms with E-state index in [0.29, 0.717) is 12.3 Å². The zero-order valence-corrected chi connectivity index (χ0v) is 11.3. The molecule has 1 amide bonds. The van der Waals surface area contributed by atoms with Gasteiger partial charge in [0.05, 0.1) is 0 Å². The fourth-order valence-electron chi connectivity index (χ4n) is 2.06. The van der Waals surface area contributed by atoms with Gasteiger partial charge in [0.1, 0.15) is 0 Å². The Kier molecular flexibility index (Phi) is 4.42. The fourth-order valence-corrected chi connectivity index (χ4v) is 2.50. The van der Waals surface area contributed by atoms with Crippen molar-refractivity contribution in [2.45, 2.75) is 6.42 Å². The lowest BCUT2D eigenvalue weighted by Gasteiger charge is -2.17. The van der Waals surface area contributed by atoms with Crippen LogP contribution in [0.2, 0.25) is 0 Å². The molecule has 0 aliphatic carbocycles. The van der Waals surface area contributed by atoms with Gasteiger partial charge in [-0.2, -0.15) is 0 Å². The highest BCUT2D eigenvalue weighted by Crippen LogP contribution is 2.19. The highest BCUT2D eigenvalue weighted by Gasteiger charge is 2.27. The Bertz CT molecular complexity index is 369. The molecule has 0 saturated carbocycles. The van der Waals surface area contributed by atoms with Crippen LogP contribution in [-0.4, -0.2) is 35.8 Å². The lowest BCUT2D eigenvalue weighted by molar-refractivity contribution is -0.127. The van der Waals surface area contributed by atoms with Crippen molar-refractivity contribution < 1.29 is 4.79 Å². The summed E-state index contributed by atoms with van der Waals surface area (Å²) in [6.07, 6.45) is 0.691. The molecule has 0 aromatic heterocycles. The van der Waals surface area contributed by atoms with Crippen LogP contribution in [0.4, 0.5) is 5.69 Å². The lowest BCUT2D eigenvalue weighted by atomic mass is 10.2. The number of carbonyl (C=O) groups excluding carboxylic acids is 1. The molecule has 1 fully saturated rings. The third-order valence-electron chi connectivity index (χ3n) is 3.00. The molecule has 4 heteroatoms. The van der Waals surface area contributed by atoms with Crippen LogP contribution in [0.5, 0.6) is 0 Å².